The summed E-state index contributed by atoms with van der Waals surface area (Å²) in [6, 6.07) is 50.3. The molecule has 0 spiro atoms. The molecule has 0 aliphatic rings. The Morgan fingerprint density at radius 3 is 1.75 bits per heavy atom. The van der Waals surface area contributed by atoms with E-state index in [0.717, 1.165) is 49.4 Å². The number of benzene rings is 8. The molecular weight excluding hydrogens is 585 g/mol. The summed E-state index contributed by atoms with van der Waals surface area (Å²) in [6.07, 6.45) is 0. The second-order valence-corrected chi connectivity index (χ2v) is 14.0. The van der Waals surface area contributed by atoms with Gasteiger partial charge in [0.05, 0.1) is 0 Å². The van der Waals surface area contributed by atoms with Crippen LogP contribution in [0.15, 0.2) is 148 Å². The highest BCUT2D eigenvalue weighted by Gasteiger charge is 2.25. The molecule has 2 aromatic heterocycles. The number of hydrogen-bond donors (Lipinski definition) is 0. The molecule has 0 amide bonds. The Labute approximate surface area is 277 Å². The van der Waals surface area contributed by atoms with E-state index in [1.54, 1.807) is 0 Å². The van der Waals surface area contributed by atoms with Gasteiger partial charge in [-0.15, -0.1) is 0 Å². The highest BCUT2D eigenvalue weighted by atomic mass is 16.3. The average molecular weight is 617 g/mol. The highest BCUT2D eigenvalue weighted by molar-refractivity contribution is 6.34. The van der Waals surface area contributed by atoms with Crippen molar-refractivity contribution in [2.75, 3.05) is 0 Å². The Hall–Kier alpha value is -5.86. The Kier molecular flexibility index (Phi) is 5.58. The average Bonchev–Trinajstić information content (AvgIpc) is 3.69. The van der Waals surface area contributed by atoms with Gasteiger partial charge in [0.15, 0.2) is 0 Å². The first-order valence-corrected chi connectivity index (χ1v) is 16.7. The van der Waals surface area contributed by atoms with Gasteiger partial charge < -0.3 is 8.83 Å². The quantitative estimate of drug-likeness (QED) is 0.181. The van der Waals surface area contributed by atoms with E-state index in [9.17, 15) is 0 Å². The molecule has 10 aromatic rings. The minimum absolute atomic E-state index is 0.00164. The molecule has 0 unspecified atom stereocenters. The summed E-state index contributed by atoms with van der Waals surface area (Å²) >= 11 is 0. The largest absolute Gasteiger partial charge is 0.456 e. The number of hydrogen-bond acceptors (Lipinski definition) is 2. The van der Waals surface area contributed by atoms with Gasteiger partial charge >= 0.3 is 0 Å². The summed E-state index contributed by atoms with van der Waals surface area (Å²) in [4.78, 5) is 0. The maximum absolute atomic E-state index is 6.94. The second kappa shape index (κ2) is 9.82. The van der Waals surface area contributed by atoms with Crippen LogP contribution in [0.4, 0.5) is 0 Å². The monoisotopic (exact) mass is 616 g/mol. The standard InChI is InChI=1S/C46H32O2/c1-46(2,3)29-22-23-32-35(26-29)40(27-13-5-4-6-14-27)30-15-7-8-16-31(30)42(32)36-25-28-21-24-39-43(33-17-9-11-19-37(33)47-39)41(28)44-34-18-10-12-20-38(34)48-45(36)44/h4-26H,1-3H3. The molecular formula is C46H32O2. The summed E-state index contributed by atoms with van der Waals surface area (Å²) < 4.78 is 13.3. The molecule has 2 heteroatoms. The van der Waals surface area contributed by atoms with Crippen LogP contribution >= 0.6 is 0 Å². The van der Waals surface area contributed by atoms with E-state index >= 15 is 0 Å². The molecule has 48 heavy (non-hydrogen) atoms. The van der Waals surface area contributed by atoms with Gasteiger partial charge in [0.25, 0.3) is 0 Å². The Morgan fingerprint density at radius 1 is 0.417 bits per heavy atom. The Bertz CT molecular complexity index is 2910. The Morgan fingerprint density at radius 2 is 1.02 bits per heavy atom. The third-order valence-electron chi connectivity index (χ3n) is 10.2. The molecule has 10 rings (SSSR count). The lowest BCUT2D eigenvalue weighted by molar-refractivity contribution is 0.591. The lowest BCUT2D eigenvalue weighted by Gasteiger charge is -2.23. The molecule has 228 valence electrons. The van der Waals surface area contributed by atoms with Crippen molar-refractivity contribution in [1.29, 1.82) is 0 Å². The molecule has 0 N–H and O–H groups in total. The first-order chi connectivity index (χ1) is 23.5. The van der Waals surface area contributed by atoms with Gasteiger partial charge in [-0.25, -0.2) is 0 Å². The van der Waals surface area contributed by atoms with E-state index in [2.05, 4.69) is 154 Å². The fourth-order valence-electron chi connectivity index (χ4n) is 7.96. The van der Waals surface area contributed by atoms with Crippen LogP contribution in [-0.4, -0.2) is 0 Å². The van der Waals surface area contributed by atoms with Crippen molar-refractivity contribution in [2.24, 2.45) is 0 Å². The minimum Gasteiger partial charge on any atom is -0.456 e. The number of para-hydroxylation sites is 2. The third-order valence-corrected chi connectivity index (χ3v) is 10.2. The Balaban J connectivity index is 1.44. The first kappa shape index (κ1) is 27.3. The molecule has 0 saturated heterocycles. The van der Waals surface area contributed by atoms with Crippen LogP contribution in [0.5, 0.6) is 0 Å². The van der Waals surface area contributed by atoms with Gasteiger partial charge in [-0.05, 0) is 79.4 Å². The van der Waals surface area contributed by atoms with Crippen molar-refractivity contribution in [2.45, 2.75) is 26.2 Å². The van der Waals surface area contributed by atoms with Crippen LogP contribution in [-0.2, 0) is 5.41 Å². The summed E-state index contributed by atoms with van der Waals surface area (Å²) in [5.74, 6) is 0. The maximum Gasteiger partial charge on any atom is 0.143 e. The zero-order chi connectivity index (χ0) is 32.1. The zero-order valence-electron chi connectivity index (χ0n) is 27.1. The molecule has 8 aromatic carbocycles. The van der Waals surface area contributed by atoms with Crippen LogP contribution < -0.4 is 0 Å². The molecule has 0 bridgehead atoms. The van der Waals surface area contributed by atoms with Gasteiger partial charge in [-0.3, -0.25) is 0 Å². The van der Waals surface area contributed by atoms with E-state index < -0.39 is 0 Å². The summed E-state index contributed by atoms with van der Waals surface area (Å²) in [6.45, 7) is 6.87. The number of fused-ring (bicyclic) bond motifs is 11. The fraction of sp³-hybridized carbons (Fsp3) is 0.0870. The molecule has 0 aliphatic heterocycles. The third kappa shape index (κ3) is 3.80. The van der Waals surface area contributed by atoms with Crippen LogP contribution in [0.25, 0.3) is 98.4 Å². The van der Waals surface area contributed by atoms with Crippen molar-refractivity contribution in [3.05, 3.63) is 145 Å². The van der Waals surface area contributed by atoms with Crippen LogP contribution in [0, 0.1) is 0 Å². The highest BCUT2D eigenvalue weighted by Crippen LogP contribution is 2.50. The summed E-state index contributed by atoms with van der Waals surface area (Å²) in [5.41, 5.74) is 9.68. The van der Waals surface area contributed by atoms with Gasteiger partial charge in [0, 0.05) is 38.1 Å². The predicted molar refractivity (Wildman–Crippen MR) is 203 cm³/mol. The molecule has 0 aliphatic carbocycles. The number of rotatable bonds is 2. The van der Waals surface area contributed by atoms with Crippen LogP contribution in [0.2, 0.25) is 0 Å². The zero-order valence-corrected chi connectivity index (χ0v) is 27.1. The van der Waals surface area contributed by atoms with Gasteiger partial charge in [-0.1, -0.05) is 130 Å². The van der Waals surface area contributed by atoms with Crippen molar-refractivity contribution >= 4 is 76.2 Å². The van der Waals surface area contributed by atoms with E-state index in [4.69, 9.17) is 8.83 Å². The minimum atomic E-state index is 0.00164. The topological polar surface area (TPSA) is 26.3 Å². The fourth-order valence-corrected chi connectivity index (χ4v) is 7.96. The molecule has 2 nitrogen and oxygen atoms in total. The molecule has 2 heterocycles. The molecule has 0 saturated carbocycles. The predicted octanol–water partition coefficient (Wildman–Crippen LogP) is 13.6. The van der Waals surface area contributed by atoms with Crippen molar-refractivity contribution < 1.29 is 8.83 Å². The summed E-state index contributed by atoms with van der Waals surface area (Å²) in [5, 5.41) is 11.8. The van der Waals surface area contributed by atoms with Crippen molar-refractivity contribution in [1.82, 2.24) is 0 Å². The van der Waals surface area contributed by atoms with Crippen LogP contribution in [0.1, 0.15) is 26.3 Å². The normalized spacial score (nSPS) is 12.5. The van der Waals surface area contributed by atoms with E-state index in [-0.39, 0.29) is 5.41 Å². The SMILES string of the molecule is CC(C)(C)c1ccc2c(-c3cc4ccc5oc6ccccc6c5c4c4c3oc3ccccc34)c3ccccc3c(-c3ccccc3)c2c1. The smallest absolute Gasteiger partial charge is 0.143 e. The molecule has 0 fully saturated rings. The number of furan rings is 2. The summed E-state index contributed by atoms with van der Waals surface area (Å²) in [7, 11) is 0. The van der Waals surface area contributed by atoms with E-state index in [0.29, 0.717) is 0 Å². The lowest BCUT2D eigenvalue weighted by atomic mass is 9.81. The van der Waals surface area contributed by atoms with Gasteiger partial charge in [-0.2, -0.15) is 0 Å². The first-order valence-electron chi connectivity index (χ1n) is 16.7. The lowest BCUT2D eigenvalue weighted by Crippen LogP contribution is -2.10. The molecule has 0 radical (unpaired) electrons. The van der Waals surface area contributed by atoms with Crippen LogP contribution in [0.3, 0.4) is 0 Å². The van der Waals surface area contributed by atoms with E-state index in [1.807, 2.05) is 6.07 Å². The van der Waals surface area contributed by atoms with Gasteiger partial charge in [0.2, 0.25) is 0 Å². The second-order valence-electron chi connectivity index (χ2n) is 14.0. The van der Waals surface area contributed by atoms with E-state index in [1.165, 1.54) is 54.6 Å². The molecule has 0 atom stereocenters. The van der Waals surface area contributed by atoms with Gasteiger partial charge in [0.1, 0.15) is 22.3 Å². The van der Waals surface area contributed by atoms with Crippen molar-refractivity contribution in [3.8, 4) is 22.3 Å². The maximum atomic E-state index is 6.94. The van der Waals surface area contributed by atoms with Crippen molar-refractivity contribution in [3.63, 3.8) is 0 Å².